The lowest BCUT2D eigenvalue weighted by Gasteiger charge is -2.23. The Kier molecular flexibility index (Phi) is 4.75. The van der Waals surface area contributed by atoms with E-state index in [1.54, 1.807) is 6.20 Å². The highest BCUT2D eigenvalue weighted by Crippen LogP contribution is 2.27. The lowest BCUT2D eigenvalue weighted by Crippen LogP contribution is -2.25. The van der Waals surface area contributed by atoms with Gasteiger partial charge >= 0.3 is 0 Å². The van der Waals surface area contributed by atoms with Crippen LogP contribution in [0.4, 0.5) is 5.69 Å². The average molecular weight is 277 g/mol. The predicted molar refractivity (Wildman–Crippen MR) is 84.5 cm³/mol. The van der Waals surface area contributed by atoms with E-state index in [0.29, 0.717) is 4.99 Å². The van der Waals surface area contributed by atoms with Gasteiger partial charge in [-0.15, -0.1) is 0 Å². The number of hydrogen-bond donors (Lipinski definition) is 1. The third-order valence-electron chi connectivity index (χ3n) is 4.08. The van der Waals surface area contributed by atoms with Crippen LogP contribution < -0.4 is 10.6 Å². The van der Waals surface area contributed by atoms with Gasteiger partial charge in [-0.2, -0.15) is 0 Å². The van der Waals surface area contributed by atoms with Crippen LogP contribution in [0.5, 0.6) is 0 Å². The molecule has 0 amide bonds. The SMILES string of the molecule is CC(C)C1CCCN(c2ccnc(C(N)=S)c2)CC1. The van der Waals surface area contributed by atoms with Crippen LogP contribution in [0.25, 0.3) is 0 Å². The molecule has 1 aliphatic heterocycles. The monoisotopic (exact) mass is 277 g/mol. The number of aromatic nitrogens is 1. The summed E-state index contributed by atoms with van der Waals surface area (Å²) in [6, 6.07) is 4.06. The Labute approximate surface area is 121 Å². The third-order valence-corrected chi connectivity index (χ3v) is 4.29. The molecule has 2 N–H and O–H groups in total. The van der Waals surface area contributed by atoms with E-state index in [9.17, 15) is 0 Å². The summed E-state index contributed by atoms with van der Waals surface area (Å²) in [5.74, 6) is 1.63. The Morgan fingerprint density at radius 1 is 1.42 bits per heavy atom. The molecule has 0 saturated carbocycles. The van der Waals surface area contributed by atoms with E-state index in [4.69, 9.17) is 18.0 Å². The first-order valence-corrected chi connectivity index (χ1v) is 7.49. The fourth-order valence-corrected chi connectivity index (χ4v) is 2.91. The summed E-state index contributed by atoms with van der Waals surface area (Å²) in [5, 5.41) is 0. The van der Waals surface area contributed by atoms with Crippen molar-refractivity contribution in [1.82, 2.24) is 4.98 Å². The molecule has 1 aromatic heterocycles. The first-order valence-electron chi connectivity index (χ1n) is 7.08. The largest absolute Gasteiger partial charge is 0.388 e. The summed E-state index contributed by atoms with van der Waals surface area (Å²) < 4.78 is 0. The molecule has 2 rings (SSSR count). The second-order valence-corrected chi connectivity index (χ2v) is 6.13. The molecule has 1 aromatic rings. The molecule has 4 heteroatoms. The van der Waals surface area contributed by atoms with Gasteiger partial charge in [-0.3, -0.25) is 4.98 Å². The van der Waals surface area contributed by atoms with E-state index in [1.165, 1.54) is 24.9 Å². The van der Waals surface area contributed by atoms with Crippen LogP contribution in [0.2, 0.25) is 0 Å². The summed E-state index contributed by atoms with van der Waals surface area (Å²) in [4.78, 5) is 7.02. The van der Waals surface area contributed by atoms with Crippen molar-refractivity contribution >= 4 is 22.9 Å². The lowest BCUT2D eigenvalue weighted by molar-refractivity contribution is 0.351. The highest BCUT2D eigenvalue weighted by molar-refractivity contribution is 7.80. The quantitative estimate of drug-likeness (QED) is 0.863. The maximum absolute atomic E-state index is 5.66. The Morgan fingerprint density at radius 2 is 2.21 bits per heavy atom. The van der Waals surface area contributed by atoms with Gasteiger partial charge in [-0.1, -0.05) is 26.1 Å². The highest BCUT2D eigenvalue weighted by atomic mass is 32.1. The van der Waals surface area contributed by atoms with Gasteiger partial charge < -0.3 is 10.6 Å². The smallest absolute Gasteiger partial charge is 0.122 e. The molecule has 0 bridgehead atoms. The van der Waals surface area contributed by atoms with Crippen molar-refractivity contribution in [2.75, 3.05) is 18.0 Å². The van der Waals surface area contributed by atoms with Gasteiger partial charge in [0.1, 0.15) is 4.99 Å². The fourth-order valence-electron chi connectivity index (χ4n) is 2.80. The minimum absolute atomic E-state index is 0.372. The molecule has 1 saturated heterocycles. The lowest BCUT2D eigenvalue weighted by atomic mass is 9.89. The zero-order valence-electron chi connectivity index (χ0n) is 11.8. The molecule has 104 valence electrons. The van der Waals surface area contributed by atoms with Crippen molar-refractivity contribution in [3.8, 4) is 0 Å². The molecular weight excluding hydrogens is 254 g/mol. The van der Waals surface area contributed by atoms with Gasteiger partial charge in [0.25, 0.3) is 0 Å². The van der Waals surface area contributed by atoms with Gasteiger partial charge in [-0.05, 0) is 43.2 Å². The van der Waals surface area contributed by atoms with E-state index in [2.05, 4.69) is 29.8 Å². The molecular formula is C15H23N3S. The number of hydrogen-bond acceptors (Lipinski definition) is 3. The Bertz CT molecular complexity index is 445. The second kappa shape index (κ2) is 6.33. The number of nitrogens with zero attached hydrogens (tertiary/aromatic N) is 2. The first-order chi connectivity index (χ1) is 9.08. The van der Waals surface area contributed by atoms with Crippen molar-refractivity contribution < 1.29 is 0 Å². The molecule has 0 spiro atoms. The number of pyridine rings is 1. The maximum Gasteiger partial charge on any atom is 0.122 e. The van der Waals surface area contributed by atoms with Crippen molar-refractivity contribution in [2.24, 2.45) is 17.6 Å². The van der Waals surface area contributed by atoms with Crippen LogP contribution in [-0.4, -0.2) is 23.1 Å². The molecule has 0 radical (unpaired) electrons. The first kappa shape index (κ1) is 14.3. The molecule has 1 atom stereocenters. The Hall–Kier alpha value is -1.16. The van der Waals surface area contributed by atoms with E-state index in [0.717, 1.165) is 30.6 Å². The summed E-state index contributed by atoms with van der Waals surface area (Å²) >= 11 is 5.00. The molecule has 19 heavy (non-hydrogen) atoms. The second-order valence-electron chi connectivity index (χ2n) is 5.69. The van der Waals surface area contributed by atoms with Crippen molar-refractivity contribution in [1.29, 1.82) is 0 Å². The molecule has 1 aliphatic rings. The van der Waals surface area contributed by atoms with Crippen molar-refractivity contribution in [2.45, 2.75) is 33.1 Å². The molecule has 1 unspecified atom stereocenters. The number of rotatable bonds is 3. The topological polar surface area (TPSA) is 42.2 Å². The van der Waals surface area contributed by atoms with Gasteiger partial charge in [0.05, 0.1) is 5.69 Å². The summed E-state index contributed by atoms with van der Waals surface area (Å²) in [5.41, 5.74) is 7.57. The minimum atomic E-state index is 0.372. The van der Waals surface area contributed by atoms with E-state index in [-0.39, 0.29) is 0 Å². The number of anilines is 1. The van der Waals surface area contributed by atoms with E-state index < -0.39 is 0 Å². The maximum atomic E-state index is 5.66. The molecule has 0 aromatic carbocycles. The number of thiocarbonyl (C=S) groups is 1. The van der Waals surface area contributed by atoms with Crippen molar-refractivity contribution in [3.63, 3.8) is 0 Å². The molecule has 3 nitrogen and oxygen atoms in total. The van der Waals surface area contributed by atoms with Gasteiger partial charge in [0.2, 0.25) is 0 Å². The van der Waals surface area contributed by atoms with E-state index in [1.807, 2.05) is 6.07 Å². The zero-order chi connectivity index (χ0) is 13.8. The zero-order valence-corrected chi connectivity index (χ0v) is 12.6. The van der Waals surface area contributed by atoms with E-state index >= 15 is 0 Å². The van der Waals surface area contributed by atoms with Crippen LogP contribution in [0.3, 0.4) is 0 Å². The molecule has 2 heterocycles. The van der Waals surface area contributed by atoms with Gasteiger partial charge in [-0.25, -0.2) is 0 Å². The van der Waals surface area contributed by atoms with Crippen LogP contribution >= 0.6 is 12.2 Å². The van der Waals surface area contributed by atoms with Crippen LogP contribution in [0.1, 0.15) is 38.8 Å². The van der Waals surface area contributed by atoms with Crippen molar-refractivity contribution in [3.05, 3.63) is 24.0 Å². The standard InChI is InChI=1S/C15H23N3S/c1-11(2)12-4-3-8-18(9-6-12)13-5-7-17-14(10-13)15(16)19/h5,7,10-12H,3-4,6,8-9H2,1-2H3,(H2,16,19). The van der Waals surface area contributed by atoms with Crippen LogP contribution in [0, 0.1) is 11.8 Å². The molecule has 0 aliphatic carbocycles. The van der Waals surface area contributed by atoms with Crippen LogP contribution in [0.15, 0.2) is 18.3 Å². The minimum Gasteiger partial charge on any atom is -0.388 e. The number of nitrogens with two attached hydrogens (primary N) is 1. The normalized spacial score (nSPS) is 20.4. The summed E-state index contributed by atoms with van der Waals surface area (Å²) in [7, 11) is 0. The highest BCUT2D eigenvalue weighted by Gasteiger charge is 2.19. The Morgan fingerprint density at radius 3 is 2.89 bits per heavy atom. The Balaban J connectivity index is 2.09. The van der Waals surface area contributed by atoms with Gasteiger partial charge in [0, 0.05) is 25.0 Å². The summed E-state index contributed by atoms with van der Waals surface area (Å²) in [6.07, 6.45) is 5.66. The third kappa shape index (κ3) is 3.66. The predicted octanol–water partition coefficient (Wildman–Crippen LogP) is 2.98. The average Bonchev–Trinajstić information content (AvgIpc) is 2.64. The summed E-state index contributed by atoms with van der Waals surface area (Å²) in [6.45, 7) is 6.89. The fraction of sp³-hybridized carbons (Fsp3) is 0.600. The van der Waals surface area contributed by atoms with Gasteiger partial charge in [0.15, 0.2) is 0 Å². The van der Waals surface area contributed by atoms with Crippen LogP contribution in [-0.2, 0) is 0 Å². The molecule has 1 fully saturated rings.